The van der Waals surface area contributed by atoms with Crippen molar-refractivity contribution in [2.45, 2.75) is 32.1 Å². The smallest absolute Gasteiger partial charge is 0.118 e. The van der Waals surface area contributed by atoms with E-state index in [-0.39, 0.29) is 0 Å². The largest absolute Gasteiger partial charge is 0.497 e. The number of hydrogen-bond acceptors (Lipinski definition) is 2. The van der Waals surface area contributed by atoms with E-state index in [4.69, 9.17) is 17.0 Å². The third-order valence-electron chi connectivity index (χ3n) is 6.14. The normalized spacial score (nSPS) is 14.2. The Kier molecular flexibility index (Phi) is 7.73. The number of ether oxygens (including phenoxy) is 1. The highest BCUT2D eigenvalue weighted by Gasteiger charge is 2.17. The molecule has 164 valence electrons. The van der Waals surface area contributed by atoms with Gasteiger partial charge in [-0.05, 0) is 72.1 Å². The van der Waals surface area contributed by atoms with Crippen LogP contribution in [0.5, 0.6) is 5.75 Å². The van der Waals surface area contributed by atoms with E-state index in [1.807, 2.05) is 12.1 Å². The third kappa shape index (κ3) is 5.46. The molecule has 0 saturated carbocycles. The summed E-state index contributed by atoms with van der Waals surface area (Å²) >= 11 is 5.76. The molecular weight excluding hydrogens is 410 g/mol. The predicted octanol–water partition coefficient (Wildman–Crippen LogP) is 7.25. The van der Waals surface area contributed by atoms with Crippen LogP contribution in [0, 0.1) is 0 Å². The van der Waals surface area contributed by atoms with Crippen LogP contribution >= 0.6 is 12.2 Å². The molecule has 1 aliphatic rings. The Balaban J connectivity index is 1.72. The van der Waals surface area contributed by atoms with Crippen LogP contribution in [-0.2, 0) is 0 Å². The Bertz CT molecular complexity index is 1040. The lowest BCUT2D eigenvalue weighted by atomic mass is 9.87. The first-order valence-corrected chi connectivity index (χ1v) is 11.9. The summed E-state index contributed by atoms with van der Waals surface area (Å²) in [6, 6.07) is 29.9. The van der Waals surface area contributed by atoms with Gasteiger partial charge in [-0.3, -0.25) is 0 Å². The van der Waals surface area contributed by atoms with Crippen LogP contribution in [0.1, 0.15) is 48.8 Å². The average molecular weight is 442 g/mol. The van der Waals surface area contributed by atoms with Crippen LogP contribution in [0.25, 0.3) is 11.1 Å². The minimum Gasteiger partial charge on any atom is -0.497 e. The molecule has 1 heterocycles. The van der Waals surface area contributed by atoms with Crippen LogP contribution in [-0.4, -0.2) is 30.1 Å². The third-order valence-corrected chi connectivity index (χ3v) is 6.60. The SMILES string of the molecule is COc1ccc(/C(=C(/CCCC(=S)N2CCCC2)c2ccccc2)c2ccccc2)cc1. The second-order valence-corrected chi connectivity index (χ2v) is 8.73. The van der Waals surface area contributed by atoms with Crippen molar-refractivity contribution in [3.05, 3.63) is 102 Å². The van der Waals surface area contributed by atoms with Crippen molar-refractivity contribution in [1.82, 2.24) is 4.90 Å². The molecule has 4 rings (SSSR count). The van der Waals surface area contributed by atoms with E-state index < -0.39 is 0 Å². The van der Waals surface area contributed by atoms with Gasteiger partial charge in [0.25, 0.3) is 0 Å². The fourth-order valence-corrected chi connectivity index (χ4v) is 4.80. The molecule has 0 bridgehead atoms. The molecule has 3 aromatic rings. The lowest BCUT2D eigenvalue weighted by Crippen LogP contribution is -2.25. The molecule has 0 unspecified atom stereocenters. The lowest BCUT2D eigenvalue weighted by Gasteiger charge is -2.20. The molecule has 0 amide bonds. The maximum Gasteiger partial charge on any atom is 0.118 e. The minimum absolute atomic E-state index is 0.874. The zero-order valence-electron chi connectivity index (χ0n) is 18.8. The molecule has 0 N–H and O–H groups in total. The van der Waals surface area contributed by atoms with Crippen LogP contribution in [0.4, 0.5) is 0 Å². The Hall–Kier alpha value is -2.91. The fraction of sp³-hybridized carbons (Fsp3) is 0.276. The number of methoxy groups -OCH3 is 1. The second kappa shape index (κ2) is 11.1. The number of nitrogens with zero attached hydrogens (tertiary/aromatic N) is 1. The Labute approximate surface area is 197 Å². The highest BCUT2D eigenvalue weighted by Crippen LogP contribution is 2.36. The number of thiocarbonyl (C=S) groups is 1. The first kappa shape index (κ1) is 22.3. The quantitative estimate of drug-likeness (QED) is 0.270. The molecule has 1 fully saturated rings. The van der Waals surface area contributed by atoms with Gasteiger partial charge in [0.1, 0.15) is 5.75 Å². The van der Waals surface area contributed by atoms with Gasteiger partial charge in [-0.15, -0.1) is 0 Å². The number of hydrogen-bond donors (Lipinski definition) is 0. The van der Waals surface area contributed by atoms with E-state index in [1.165, 1.54) is 40.7 Å². The van der Waals surface area contributed by atoms with Gasteiger partial charge in [0.05, 0.1) is 12.1 Å². The monoisotopic (exact) mass is 441 g/mol. The van der Waals surface area contributed by atoms with Gasteiger partial charge < -0.3 is 9.64 Å². The van der Waals surface area contributed by atoms with Crippen molar-refractivity contribution >= 4 is 28.4 Å². The molecule has 0 radical (unpaired) electrons. The van der Waals surface area contributed by atoms with E-state index in [0.29, 0.717) is 0 Å². The van der Waals surface area contributed by atoms with Crippen molar-refractivity contribution in [3.8, 4) is 5.75 Å². The van der Waals surface area contributed by atoms with Gasteiger partial charge >= 0.3 is 0 Å². The van der Waals surface area contributed by atoms with Crippen molar-refractivity contribution in [2.75, 3.05) is 20.2 Å². The highest BCUT2D eigenvalue weighted by atomic mass is 32.1. The van der Waals surface area contributed by atoms with Gasteiger partial charge in [-0.2, -0.15) is 0 Å². The first-order chi connectivity index (χ1) is 15.8. The summed E-state index contributed by atoms with van der Waals surface area (Å²) in [5, 5.41) is 0. The van der Waals surface area contributed by atoms with Crippen molar-refractivity contribution in [1.29, 1.82) is 0 Å². The van der Waals surface area contributed by atoms with E-state index in [1.54, 1.807) is 7.11 Å². The van der Waals surface area contributed by atoms with E-state index >= 15 is 0 Å². The summed E-state index contributed by atoms with van der Waals surface area (Å²) in [6.45, 7) is 2.25. The summed E-state index contributed by atoms with van der Waals surface area (Å²) in [6.07, 6.45) is 5.53. The molecule has 2 nitrogen and oxygen atoms in total. The van der Waals surface area contributed by atoms with Crippen molar-refractivity contribution in [3.63, 3.8) is 0 Å². The molecule has 1 saturated heterocycles. The van der Waals surface area contributed by atoms with Crippen LogP contribution < -0.4 is 4.74 Å². The summed E-state index contributed by atoms with van der Waals surface area (Å²) in [7, 11) is 1.71. The number of rotatable bonds is 8. The summed E-state index contributed by atoms with van der Waals surface area (Å²) in [5.41, 5.74) is 6.36. The summed E-state index contributed by atoms with van der Waals surface area (Å²) < 4.78 is 5.40. The Morgan fingerprint density at radius 2 is 1.31 bits per heavy atom. The number of allylic oxidation sites excluding steroid dienone is 1. The predicted molar refractivity (Wildman–Crippen MR) is 139 cm³/mol. The molecule has 3 aromatic carbocycles. The second-order valence-electron chi connectivity index (χ2n) is 8.26. The molecule has 0 spiro atoms. The standard InChI is InChI=1S/C29H31NOS/c1-31-26-19-17-25(18-20-26)29(24-13-6-3-7-14-24)27(23-11-4-2-5-12-23)15-10-16-28(32)30-21-8-9-22-30/h2-7,11-14,17-20H,8-10,15-16,21-22H2,1H3/b29-27-. The molecule has 3 heteroatoms. The molecule has 1 aliphatic heterocycles. The zero-order chi connectivity index (χ0) is 22.2. The Morgan fingerprint density at radius 1 is 0.750 bits per heavy atom. The molecular formula is C29H31NOS. The molecule has 0 atom stereocenters. The van der Waals surface area contributed by atoms with Crippen LogP contribution in [0.15, 0.2) is 84.9 Å². The maximum absolute atomic E-state index is 5.76. The number of likely N-dealkylation sites (tertiary alicyclic amines) is 1. The molecule has 0 aliphatic carbocycles. The van der Waals surface area contributed by atoms with Crippen molar-refractivity contribution < 1.29 is 4.74 Å². The topological polar surface area (TPSA) is 12.5 Å². The van der Waals surface area contributed by atoms with E-state index in [0.717, 1.165) is 43.1 Å². The van der Waals surface area contributed by atoms with Crippen molar-refractivity contribution in [2.24, 2.45) is 0 Å². The maximum atomic E-state index is 5.76. The van der Waals surface area contributed by atoms with Gasteiger partial charge in [0.15, 0.2) is 0 Å². The highest BCUT2D eigenvalue weighted by molar-refractivity contribution is 7.80. The van der Waals surface area contributed by atoms with Gasteiger partial charge in [0.2, 0.25) is 0 Å². The molecule has 0 aromatic heterocycles. The van der Waals surface area contributed by atoms with E-state index in [2.05, 4.69) is 77.7 Å². The minimum atomic E-state index is 0.874. The number of benzene rings is 3. The average Bonchev–Trinajstić information content (AvgIpc) is 3.40. The Morgan fingerprint density at radius 3 is 1.91 bits per heavy atom. The van der Waals surface area contributed by atoms with Gasteiger partial charge in [-0.1, -0.05) is 85.0 Å². The lowest BCUT2D eigenvalue weighted by molar-refractivity contribution is 0.415. The first-order valence-electron chi connectivity index (χ1n) is 11.5. The van der Waals surface area contributed by atoms with Gasteiger partial charge in [0, 0.05) is 13.1 Å². The van der Waals surface area contributed by atoms with E-state index in [9.17, 15) is 0 Å². The molecule has 32 heavy (non-hydrogen) atoms. The van der Waals surface area contributed by atoms with Crippen LogP contribution in [0.3, 0.4) is 0 Å². The van der Waals surface area contributed by atoms with Gasteiger partial charge in [-0.25, -0.2) is 0 Å². The van der Waals surface area contributed by atoms with Crippen LogP contribution in [0.2, 0.25) is 0 Å². The fourth-order valence-electron chi connectivity index (χ4n) is 4.47. The summed E-state index contributed by atoms with van der Waals surface area (Å²) in [4.78, 5) is 3.52. The zero-order valence-corrected chi connectivity index (χ0v) is 19.6. The summed E-state index contributed by atoms with van der Waals surface area (Å²) in [5.74, 6) is 0.874.